The highest BCUT2D eigenvalue weighted by molar-refractivity contribution is 5.76. The zero-order chi connectivity index (χ0) is 50.0. The van der Waals surface area contributed by atoms with Crippen molar-refractivity contribution in [1.82, 2.24) is 5.32 Å². The lowest BCUT2D eigenvalue weighted by Gasteiger charge is -2.22. The Morgan fingerprint density at radius 3 is 1.16 bits per heavy atom. The standard InChI is InChI=1S/C63H117NO5/c1-3-5-7-9-11-13-15-33-37-41-45-49-53-57-63(68)69-58-54-50-46-42-38-35-32-30-28-26-24-22-20-18-16-17-19-21-23-25-27-29-31-34-36-40-44-48-52-56-62(67)64-60(59-65)61(66)55-51-47-43-39-14-12-10-8-6-4-2/h7,9,13,15-16,18,22,24,60-61,65-66H,3-6,8,10-12,14,17,19-21,23,25-59H2,1-2H3,(H,64,67)/b9-7-,15-13-,18-16-,24-22-. The molecule has 6 nitrogen and oxygen atoms in total. The molecule has 0 aliphatic carbocycles. The average Bonchev–Trinajstić information content (AvgIpc) is 3.35. The molecule has 0 heterocycles. The molecule has 2 atom stereocenters. The van der Waals surface area contributed by atoms with Crippen molar-refractivity contribution in [2.24, 2.45) is 0 Å². The van der Waals surface area contributed by atoms with Gasteiger partial charge in [-0.25, -0.2) is 0 Å². The van der Waals surface area contributed by atoms with Crippen molar-refractivity contribution in [3.05, 3.63) is 48.6 Å². The summed E-state index contributed by atoms with van der Waals surface area (Å²) >= 11 is 0. The predicted molar refractivity (Wildman–Crippen MR) is 301 cm³/mol. The van der Waals surface area contributed by atoms with Crippen LogP contribution in [0.25, 0.3) is 0 Å². The van der Waals surface area contributed by atoms with Gasteiger partial charge in [0.15, 0.2) is 0 Å². The van der Waals surface area contributed by atoms with Crippen LogP contribution < -0.4 is 5.32 Å². The molecule has 0 radical (unpaired) electrons. The van der Waals surface area contributed by atoms with E-state index in [-0.39, 0.29) is 18.5 Å². The molecule has 0 rings (SSSR count). The lowest BCUT2D eigenvalue weighted by molar-refractivity contribution is -0.143. The molecule has 0 aromatic heterocycles. The number of unbranched alkanes of at least 4 members (excludes halogenated alkanes) is 37. The number of hydrogen-bond donors (Lipinski definition) is 3. The van der Waals surface area contributed by atoms with Gasteiger partial charge in [-0.2, -0.15) is 0 Å². The summed E-state index contributed by atoms with van der Waals surface area (Å²) in [6.07, 6.45) is 74.2. The summed E-state index contributed by atoms with van der Waals surface area (Å²) in [5, 5.41) is 23.1. The van der Waals surface area contributed by atoms with Crippen molar-refractivity contribution in [3.63, 3.8) is 0 Å². The van der Waals surface area contributed by atoms with Crippen molar-refractivity contribution < 1.29 is 24.5 Å². The molecular formula is C63H117NO5. The fourth-order valence-corrected chi connectivity index (χ4v) is 9.18. The highest BCUT2D eigenvalue weighted by atomic mass is 16.5. The quantitative estimate of drug-likeness (QED) is 0.0321. The van der Waals surface area contributed by atoms with Gasteiger partial charge in [0.05, 0.1) is 25.4 Å². The molecule has 0 spiro atoms. The molecule has 0 aromatic rings. The molecule has 6 heteroatoms. The lowest BCUT2D eigenvalue weighted by Crippen LogP contribution is -2.45. The summed E-state index contributed by atoms with van der Waals surface area (Å²) in [7, 11) is 0. The van der Waals surface area contributed by atoms with Crippen LogP contribution in [0.3, 0.4) is 0 Å². The van der Waals surface area contributed by atoms with E-state index in [1.54, 1.807) is 0 Å². The minimum absolute atomic E-state index is 0.00391. The molecule has 0 fully saturated rings. The molecule has 404 valence electrons. The zero-order valence-electron chi connectivity index (χ0n) is 46.0. The van der Waals surface area contributed by atoms with E-state index in [4.69, 9.17) is 4.74 Å². The lowest BCUT2D eigenvalue weighted by atomic mass is 10.0. The van der Waals surface area contributed by atoms with Crippen molar-refractivity contribution >= 4 is 11.9 Å². The Morgan fingerprint density at radius 1 is 0.406 bits per heavy atom. The predicted octanol–water partition coefficient (Wildman–Crippen LogP) is 19.0. The van der Waals surface area contributed by atoms with E-state index in [1.807, 2.05) is 0 Å². The Kier molecular flexibility index (Phi) is 56.5. The average molecular weight is 969 g/mol. The monoisotopic (exact) mass is 968 g/mol. The van der Waals surface area contributed by atoms with Crippen molar-refractivity contribution in [1.29, 1.82) is 0 Å². The number of hydrogen-bond acceptors (Lipinski definition) is 5. The third-order valence-corrected chi connectivity index (χ3v) is 13.8. The Morgan fingerprint density at radius 2 is 0.754 bits per heavy atom. The Labute approximate surface area is 429 Å². The van der Waals surface area contributed by atoms with Crippen LogP contribution in [0.15, 0.2) is 48.6 Å². The molecule has 0 saturated heterocycles. The fraction of sp³-hybridized carbons (Fsp3) is 0.841. The van der Waals surface area contributed by atoms with Gasteiger partial charge in [-0.3, -0.25) is 9.59 Å². The maximum atomic E-state index is 12.4. The van der Waals surface area contributed by atoms with Gasteiger partial charge in [0.2, 0.25) is 5.91 Å². The summed E-state index contributed by atoms with van der Waals surface area (Å²) in [6.45, 7) is 4.87. The van der Waals surface area contributed by atoms with Gasteiger partial charge >= 0.3 is 5.97 Å². The number of aliphatic hydroxyl groups excluding tert-OH is 2. The van der Waals surface area contributed by atoms with Crippen LogP contribution >= 0.6 is 0 Å². The van der Waals surface area contributed by atoms with E-state index >= 15 is 0 Å². The number of aliphatic hydroxyl groups is 2. The van der Waals surface area contributed by atoms with Crippen LogP contribution in [-0.2, 0) is 14.3 Å². The highest BCUT2D eigenvalue weighted by Crippen LogP contribution is 2.17. The van der Waals surface area contributed by atoms with Gasteiger partial charge < -0.3 is 20.3 Å². The normalized spacial score (nSPS) is 12.9. The molecule has 0 aliphatic rings. The maximum Gasteiger partial charge on any atom is 0.305 e. The van der Waals surface area contributed by atoms with Crippen LogP contribution in [0.4, 0.5) is 0 Å². The minimum Gasteiger partial charge on any atom is -0.466 e. The van der Waals surface area contributed by atoms with Gasteiger partial charge in [-0.15, -0.1) is 0 Å². The first kappa shape index (κ1) is 66.8. The third-order valence-electron chi connectivity index (χ3n) is 13.8. The molecule has 3 N–H and O–H groups in total. The summed E-state index contributed by atoms with van der Waals surface area (Å²) < 4.78 is 5.46. The number of rotatable bonds is 56. The number of ether oxygens (including phenoxy) is 1. The number of carbonyl (C=O) groups excluding carboxylic acids is 2. The summed E-state index contributed by atoms with van der Waals surface area (Å²) in [5.41, 5.74) is 0. The highest BCUT2D eigenvalue weighted by Gasteiger charge is 2.20. The van der Waals surface area contributed by atoms with Gasteiger partial charge in [-0.1, -0.05) is 268 Å². The van der Waals surface area contributed by atoms with E-state index < -0.39 is 12.1 Å². The molecule has 2 unspecified atom stereocenters. The summed E-state index contributed by atoms with van der Waals surface area (Å²) in [6, 6.07) is -0.541. The number of allylic oxidation sites excluding steroid dienone is 8. The minimum atomic E-state index is -0.663. The van der Waals surface area contributed by atoms with Crippen LogP contribution in [-0.4, -0.2) is 47.4 Å². The van der Waals surface area contributed by atoms with Crippen molar-refractivity contribution in [2.75, 3.05) is 13.2 Å². The second kappa shape index (κ2) is 58.4. The molecule has 0 bridgehead atoms. The van der Waals surface area contributed by atoms with Crippen LogP contribution in [0.1, 0.15) is 316 Å². The van der Waals surface area contributed by atoms with Crippen LogP contribution in [0.5, 0.6) is 0 Å². The van der Waals surface area contributed by atoms with Crippen LogP contribution in [0.2, 0.25) is 0 Å². The molecule has 0 saturated carbocycles. The number of carbonyl (C=O) groups is 2. The first-order valence-electron chi connectivity index (χ1n) is 30.4. The zero-order valence-corrected chi connectivity index (χ0v) is 46.0. The van der Waals surface area contributed by atoms with E-state index in [0.717, 1.165) is 57.8 Å². The van der Waals surface area contributed by atoms with Crippen molar-refractivity contribution in [2.45, 2.75) is 328 Å². The molecule has 69 heavy (non-hydrogen) atoms. The molecular weight excluding hydrogens is 851 g/mol. The summed E-state index contributed by atoms with van der Waals surface area (Å²) in [5.74, 6) is -0.0416. The SMILES string of the molecule is CCC/C=C\C/C=C\CCCCCCCC(=O)OCCCCCCCCCCC/C=C\C/C=C\CCCCCCCCCCCCCCCC(=O)NC(CO)C(O)CCCCCCCCCCCC. The maximum absolute atomic E-state index is 12.4. The fourth-order valence-electron chi connectivity index (χ4n) is 9.18. The van der Waals surface area contributed by atoms with E-state index in [0.29, 0.717) is 25.9 Å². The molecule has 1 amide bonds. The van der Waals surface area contributed by atoms with E-state index in [2.05, 4.69) is 67.8 Å². The second-order valence-corrected chi connectivity index (χ2v) is 20.7. The first-order valence-corrected chi connectivity index (χ1v) is 30.4. The smallest absolute Gasteiger partial charge is 0.305 e. The van der Waals surface area contributed by atoms with Crippen LogP contribution in [0, 0.1) is 0 Å². The molecule has 0 aromatic carbocycles. The van der Waals surface area contributed by atoms with Gasteiger partial charge in [0.25, 0.3) is 0 Å². The first-order chi connectivity index (χ1) is 34.0. The largest absolute Gasteiger partial charge is 0.466 e. The second-order valence-electron chi connectivity index (χ2n) is 20.7. The Hall–Kier alpha value is -2.18. The Bertz CT molecular complexity index is 1160. The summed E-state index contributed by atoms with van der Waals surface area (Å²) in [4.78, 5) is 24.4. The van der Waals surface area contributed by atoms with E-state index in [9.17, 15) is 19.8 Å². The number of nitrogens with one attached hydrogen (secondary N) is 1. The topological polar surface area (TPSA) is 95.9 Å². The van der Waals surface area contributed by atoms with Gasteiger partial charge in [0, 0.05) is 12.8 Å². The van der Waals surface area contributed by atoms with E-state index in [1.165, 1.54) is 225 Å². The Balaban J connectivity index is 3.39. The molecule has 0 aliphatic heterocycles. The third kappa shape index (κ3) is 55.0. The van der Waals surface area contributed by atoms with Gasteiger partial charge in [-0.05, 0) is 83.5 Å². The number of esters is 1. The van der Waals surface area contributed by atoms with Gasteiger partial charge in [0.1, 0.15) is 0 Å². The number of amides is 1. The van der Waals surface area contributed by atoms with Crippen molar-refractivity contribution in [3.8, 4) is 0 Å².